The van der Waals surface area contributed by atoms with Gasteiger partial charge in [0.15, 0.2) is 6.29 Å². The van der Waals surface area contributed by atoms with Crippen LogP contribution in [0, 0.1) is 11.8 Å². The molecule has 12 atom stereocenters. The second kappa shape index (κ2) is 17.5. The molecule has 2 saturated carbocycles. The van der Waals surface area contributed by atoms with Crippen LogP contribution in [0.2, 0.25) is 0 Å². The van der Waals surface area contributed by atoms with Crippen LogP contribution in [0.4, 0.5) is 9.59 Å². The van der Waals surface area contributed by atoms with Crippen LogP contribution in [-0.4, -0.2) is 154 Å². The fourth-order valence-electron chi connectivity index (χ4n) is 7.15. The summed E-state index contributed by atoms with van der Waals surface area (Å²) in [7, 11) is 1.37. The molecule has 18 nitrogen and oxygen atoms in total. The highest BCUT2D eigenvalue weighted by Gasteiger charge is 2.55. The fraction of sp³-hybridized carbons (Fsp3) is 0.861. The van der Waals surface area contributed by atoms with Gasteiger partial charge in [-0.15, -0.1) is 0 Å². The molecule has 0 aromatic carbocycles. The van der Waals surface area contributed by atoms with Gasteiger partial charge in [-0.1, -0.05) is 0 Å². The maximum Gasteiger partial charge on any atom is 0.410 e. The zero-order valence-corrected chi connectivity index (χ0v) is 32.8. The van der Waals surface area contributed by atoms with Gasteiger partial charge in [0.05, 0.1) is 37.9 Å². The van der Waals surface area contributed by atoms with Gasteiger partial charge in [0.1, 0.15) is 47.0 Å². The molecule has 1 unspecified atom stereocenters. The van der Waals surface area contributed by atoms with Crippen molar-refractivity contribution in [2.45, 2.75) is 152 Å². The maximum absolute atomic E-state index is 13.3. The molecule has 0 spiro atoms. The summed E-state index contributed by atoms with van der Waals surface area (Å²) in [6, 6.07) is -3.69. The predicted octanol–water partition coefficient (Wildman–Crippen LogP) is -0.846. The van der Waals surface area contributed by atoms with Gasteiger partial charge in [-0.3, -0.25) is 4.79 Å². The summed E-state index contributed by atoms with van der Waals surface area (Å²) in [5.74, 6) is -0.414. The van der Waals surface area contributed by atoms with Crippen LogP contribution < -0.4 is 27.4 Å². The van der Waals surface area contributed by atoms with Crippen molar-refractivity contribution in [3.63, 3.8) is 0 Å². The lowest BCUT2D eigenvalue weighted by molar-refractivity contribution is -0.305. The molecule has 3 amide bonds. The number of aliphatic hydroxyl groups is 4. The molecular weight excluding hydrogens is 708 g/mol. The van der Waals surface area contributed by atoms with E-state index in [-0.39, 0.29) is 13.0 Å². The highest BCUT2D eigenvalue weighted by atomic mass is 16.7. The van der Waals surface area contributed by atoms with Crippen molar-refractivity contribution in [2.24, 2.45) is 23.3 Å². The number of nitrogens with zero attached hydrogens (tertiary/aromatic N) is 1. The molecule has 11 N–H and O–H groups in total. The molecule has 1 saturated heterocycles. The molecule has 4 rings (SSSR count). The van der Waals surface area contributed by atoms with Crippen molar-refractivity contribution < 1.29 is 58.5 Å². The van der Waals surface area contributed by atoms with Gasteiger partial charge in [0.2, 0.25) is 0 Å². The minimum absolute atomic E-state index is 0.0116. The molecule has 0 radical (unpaired) electrons. The van der Waals surface area contributed by atoms with E-state index in [2.05, 4.69) is 16.0 Å². The Hall–Kier alpha value is -2.81. The molecule has 0 aromatic heterocycles. The Morgan fingerprint density at radius 1 is 1.06 bits per heavy atom. The number of alkyl carbamates (subject to hydrolysis) is 1. The fourth-order valence-corrected chi connectivity index (χ4v) is 7.15. The van der Waals surface area contributed by atoms with Gasteiger partial charge < -0.3 is 76.4 Å². The van der Waals surface area contributed by atoms with Crippen molar-refractivity contribution in [3.8, 4) is 0 Å². The van der Waals surface area contributed by atoms with E-state index in [1.807, 2.05) is 6.08 Å². The third-order valence-electron chi connectivity index (χ3n) is 9.92. The first kappa shape index (κ1) is 43.9. The lowest BCUT2D eigenvalue weighted by Crippen LogP contribution is -2.70. The summed E-state index contributed by atoms with van der Waals surface area (Å²) in [5, 5.41) is 54.1. The third-order valence-corrected chi connectivity index (χ3v) is 9.92. The number of carbonyl (C=O) groups is 3. The highest BCUT2D eigenvalue weighted by Crippen LogP contribution is 2.37. The zero-order valence-electron chi connectivity index (χ0n) is 32.8. The van der Waals surface area contributed by atoms with E-state index >= 15 is 0 Å². The summed E-state index contributed by atoms with van der Waals surface area (Å²) in [5.41, 5.74) is 9.84. The molecule has 18 heteroatoms. The van der Waals surface area contributed by atoms with Crippen molar-refractivity contribution in [2.75, 3.05) is 33.3 Å². The average molecular weight is 773 g/mol. The second-order valence-electron chi connectivity index (χ2n) is 17.4. The van der Waals surface area contributed by atoms with Crippen LogP contribution in [0.15, 0.2) is 11.8 Å². The van der Waals surface area contributed by atoms with Crippen LogP contribution >= 0.6 is 0 Å². The van der Waals surface area contributed by atoms with E-state index in [4.69, 9.17) is 35.2 Å². The van der Waals surface area contributed by atoms with Gasteiger partial charge in [-0.2, -0.15) is 0 Å². The lowest BCUT2D eigenvalue weighted by Gasteiger charge is -2.51. The minimum Gasteiger partial charge on any atom is -0.492 e. The monoisotopic (exact) mass is 772 g/mol. The Morgan fingerprint density at radius 2 is 1.70 bits per heavy atom. The molecular formula is C36H64N6O12. The van der Waals surface area contributed by atoms with Gasteiger partial charge in [0.25, 0.3) is 5.91 Å². The number of hydrogen-bond acceptors (Lipinski definition) is 15. The number of amides is 3. The molecule has 2 aliphatic heterocycles. The van der Waals surface area contributed by atoms with Crippen molar-refractivity contribution in [3.05, 3.63) is 11.8 Å². The highest BCUT2D eigenvalue weighted by molar-refractivity contribution is 5.81. The molecule has 54 heavy (non-hydrogen) atoms. The Labute approximate surface area is 317 Å². The molecule has 2 aliphatic carbocycles. The van der Waals surface area contributed by atoms with Crippen molar-refractivity contribution in [1.82, 2.24) is 20.9 Å². The quantitative estimate of drug-likeness (QED) is 0.117. The van der Waals surface area contributed by atoms with Crippen molar-refractivity contribution in [1.29, 1.82) is 0 Å². The number of nitrogens with one attached hydrogen (secondary N) is 3. The molecule has 0 bridgehead atoms. The van der Waals surface area contributed by atoms with E-state index < -0.39 is 108 Å². The third kappa shape index (κ3) is 11.8. The molecule has 4 aliphatic rings. The van der Waals surface area contributed by atoms with E-state index in [1.54, 1.807) is 41.5 Å². The predicted molar refractivity (Wildman–Crippen MR) is 194 cm³/mol. The molecule has 3 fully saturated rings. The van der Waals surface area contributed by atoms with Crippen molar-refractivity contribution >= 4 is 18.1 Å². The number of rotatable bonds is 12. The van der Waals surface area contributed by atoms with Crippen LogP contribution in [-0.2, 0) is 28.5 Å². The van der Waals surface area contributed by atoms with Gasteiger partial charge in [-0.25, -0.2) is 9.59 Å². The van der Waals surface area contributed by atoms with E-state index in [9.17, 15) is 34.8 Å². The molecule has 0 aromatic rings. The van der Waals surface area contributed by atoms with Crippen LogP contribution in [0.5, 0.6) is 0 Å². The maximum atomic E-state index is 13.3. The number of carbonyl (C=O) groups excluding carboxylic acids is 3. The lowest BCUT2D eigenvalue weighted by atomic mass is 9.72. The molecule has 310 valence electrons. The molecule has 2 heterocycles. The van der Waals surface area contributed by atoms with Crippen LogP contribution in [0.3, 0.4) is 0 Å². The number of aliphatic hydroxyl groups excluding tert-OH is 3. The Bertz CT molecular complexity index is 1330. The topological polar surface area (TPSA) is 270 Å². The van der Waals surface area contributed by atoms with Gasteiger partial charge in [-0.05, 0) is 92.7 Å². The second-order valence-corrected chi connectivity index (χ2v) is 17.4. The first-order valence-electron chi connectivity index (χ1n) is 18.8. The summed E-state index contributed by atoms with van der Waals surface area (Å²) < 4.78 is 29.1. The first-order chi connectivity index (χ1) is 25.0. The SMILES string of the molecule is CN(C(=O)OC(C)(C)C)[C@@H]1[C@@H](O)[C@@H](O[C@H]2[C@H](NC(=O)[C@H](O)CNC(=O)OC(C)(C)C)C[C@H](N)C([C@H]3OC(CNCC4CC4)=CC[C@H]3N)[C@@H]2O)OC[C@]1(C)O. The Morgan fingerprint density at radius 3 is 2.31 bits per heavy atom. The normalized spacial score (nSPS) is 35.2. The van der Waals surface area contributed by atoms with Gasteiger partial charge >= 0.3 is 12.2 Å². The summed E-state index contributed by atoms with van der Waals surface area (Å²) >= 11 is 0. The van der Waals surface area contributed by atoms with Crippen LogP contribution in [0.1, 0.15) is 74.1 Å². The Kier molecular flexibility index (Phi) is 14.3. The van der Waals surface area contributed by atoms with E-state index in [0.717, 1.165) is 11.4 Å². The number of ether oxygens (including phenoxy) is 5. The van der Waals surface area contributed by atoms with E-state index in [1.165, 1.54) is 26.8 Å². The Balaban J connectivity index is 1.56. The zero-order chi connectivity index (χ0) is 40.3. The van der Waals surface area contributed by atoms with Gasteiger partial charge in [0, 0.05) is 25.0 Å². The van der Waals surface area contributed by atoms with Crippen LogP contribution in [0.25, 0.3) is 0 Å². The smallest absolute Gasteiger partial charge is 0.410 e. The first-order valence-corrected chi connectivity index (χ1v) is 18.8. The number of hydrogen-bond donors (Lipinski definition) is 9. The summed E-state index contributed by atoms with van der Waals surface area (Å²) in [6.07, 6.45) is -5.38. The average Bonchev–Trinajstić information content (AvgIpc) is 3.86. The largest absolute Gasteiger partial charge is 0.492 e. The summed E-state index contributed by atoms with van der Waals surface area (Å²) in [4.78, 5) is 39.6. The standard InChI is InChI=1S/C36H64N6O12/c1-34(2,3)53-32(47)40-16-23(43)30(46)41-22-13-21(38)24(27-20(37)12-11-19(51-27)15-39-14-18-9-10-18)25(44)28(22)52-31-26(45)29(36(7,49)17-50-31)42(8)33(48)54-35(4,5)6/h11,18,20-29,31,39,43-45,49H,9-10,12-17,37-38H2,1-8H3,(H,40,47)(H,41,46)/t20-,21+,22-,23-,24?,25+,26-,27+,28+,29-,31-,36+/m1/s1. The summed E-state index contributed by atoms with van der Waals surface area (Å²) in [6.45, 7) is 11.9. The van der Waals surface area contributed by atoms with E-state index in [0.29, 0.717) is 24.6 Å². The number of nitrogens with two attached hydrogens (primary N) is 2. The number of likely N-dealkylation sites (N-methyl/N-ethyl adjacent to an activating group) is 1. The minimum atomic E-state index is -1.75.